The maximum atomic E-state index is 14.5. The fraction of sp³-hybridized carbons (Fsp3) is 0.294. The van der Waals surface area contributed by atoms with Crippen LogP contribution in [0, 0.1) is 13.8 Å². The highest BCUT2D eigenvalue weighted by Crippen LogP contribution is 2.42. The predicted octanol–water partition coefficient (Wildman–Crippen LogP) is 3.90. The van der Waals surface area contributed by atoms with E-state index in [1.165, 1.54) is 0 Å². The van der Waals surface area contributed by atoms with Gasteiger partial charge in [0.1, 0.15) is 0 Å². The molecule has 0 spiro atoms. The summed E-state index contributed by atoms with van der Waals surface area (Å²) in [5.74, 6) is 0. The van der Waals surface area contributed by atoms with Gasteiger partial charge in [-0.05, 0) is 47.2 Å². The Morgan fingerprint density at radius 3 is 2.37 bits per heavy atom. The molecule has 0 saturated heterocycles. The van der Waals surface area contributed by atoms with Crippen molar-refractivity contribution in [2.24, 2.45) is 0 Å². The summed E-state index contributed by atoms with van der Waals surface area (Å²) < 4.78 is 14.5. The zero-order valence-corrected chi connectivity index (χ0v) is 11.2. The summed E-state index contributed by atoms with van der Waals surface area (Å²) in [4.78, 5) is 0. The molecule has 1 nitrogen and oxygen atoms in total. The largest absolute Gasteiger partial charge is 0.389 e. The van der Waals surface area contributed by atoms with Gasteiger partial charge in [-0.15, -0.1) is 0 Å². The van der Waals surface area contributed by atoms with Gasteiger partial charge < -0.3 is 5.11 Å². The molecule has 0 saturated carbocycles. The van der Waals surface area contributed by atoms with Crippen molar-refractivity contribution < 1.29 is 9.50 Å². The molecule has 0 bridgehead atoms. The van der Waals surface area contributed by atoms with Crippen LogP contribution >= 0.6 is 0 Å². The maximum Gasteiger partial charge on any atom is 0.152 e. The summed E-state index contributed by atoms with van der Waals surface area (Å²) in [5, 5.41) is 10.1. The first-order valence-electron chi connectivity index (χ1n) is 6.60. The Labute approximate surface area is 112 Å². The van der Waals surface area contributed by atoms with E-state index < -0.39 is 12.3 Å². The standard InChI is InChI=1S/C17H17FO/c1-10-5-3-7-12-9-14(19)17(18)13-8-4-6-11(2)16(13)15(10)12/h3-8,14,17,19H,9H2,1-2H3. The molecule has 0 fully saturated rings. The summed E-state index contributed by atoms with van der Waals surface area (Å²) in [6.45, 7) is 4.04. The van der Waals surface area contributed by atoms with Crippen molar-refractivity contribution in [1.82, 2.24) is 0 Å². The van der Waals surface area contributed by atoms with Gasteiger partial charge in [0.05, 0.1) is 6.10 Å². The number of hydrogen-bond donors (Lipinski definition) is 1. The van der Waals surface area contributed by atoms with Crippen molar-refractivity contribution in [3.05, 3.63) is 58.7 Å². The molecule has 0 aromatic heterocycles. The summed E-state index contributed by atoms with van der Waals surface area (Å²) in [5.41, 5.74) is 5.89. The minimum absolute atomic E-state index is 0.367. The zero-order chi connectivity index (χ0) is 13.6. The van der Waals surface area contributed by atoms with Gasteiger partial charge in [-0.2, -0.15) is 0 Å². The van der Waals surface area contributed by atoms with Crippen LogP contribution in [0.2, 0.25) is 0 Å². The second kappa shape index (κ2) is 4.46. The summed E-state index contributed by atoms with van der Waals surface area (Å²) in [7, 11) is 0. The number of aliphatic hydroxyl groups is 1. The topological polar surface area (TPSA) is 20.2 Å². The van der Waals surface area contributed by atoms with Crippen LogP contribution in [-0.2, 0) is 6.42 Å². The summed E-state index contributed by atoms with van der Waals surface area (Å²) >= 11 is 0. The highest BCUT2D eigenvalue weighted by molar-refractivity contribution is 5.78. The molecule has 2 heteroatoms. The predicted molar refractivity (Wildman–Crippen MR) is 74.9 cm³/mol. The molecule has 0 radical (unpaired) electrons. The molecule has 0 heterocycles. The average molecular weight is 256 g/mol. The number of aliphatic hydroxyl groups excluding tert-OH is 1. The van der Waals surface area contributed by atoms with Crippen LogP contribution in [0.5, 0.6) is 0 Å². The van der Waals surface area contributed by atoms with Gasteiger partial charge >= 0.3 is 0 Å². The van der Waals surface area contributed by atoms with E-state index in [1.54, 1.807) is 6.07 Å². The molecule has 1 aliphatic carbocycles. The third kappa shape index (κ3) is 1.87. The number of aryl methyl sites for hydroxylation is 2. The van der Waals surface area contributed by atoms with E-state index in [9.17, 15) is 9.50 Å². The molecule has 19 heavy (non-hydrogen) atoms. The highest BCUT2D eigenvalue weighted by Gasteiger charge is 2.30. The summed E-state index contributed by atoms with van der Waals surface area (Å²) in [6, 6.07) is 11.6. The quantitative estimate of drug-likeness (QED) is 0.758. The Bertz CT molecular complexity index is 633. The summed E-state index contributed by atoms with van der Waals surface area (Å²) in [6.07, 6.45) is -1.92. The van der Waals surface area contributed by atoms with Gasteiger partial charge in [0.25, 0.3) is 0 Å². The molecule has 3 rings (SSSR count). The van der Waals surface area contributed by atoms with Crippen molar-refractivity contribution in [2.45, 2.75) is 32.5 Å². The Hall–Kier alpha value is -1.67. The molecular formula is C17H17FO. The fourth-order valence-electron chi connectivity index (χ4n) is 3.05. The SMILES string of the molecule is Cc1cccc2c1-c1c(C)cccc1C(F)C(O)C2. The lowest BCUT2D eigenvalue weighted by Crippen LogP contribution is -2.16. The monoisotopic (exact) mass is 256 g/mol. The van der Waals surface area contributed by atoms with Crippen LogP contribution in [0.3, 0.4) is 0 Å². The third-order valence-electron chi connectivity index (χ3n) is 3.98. The number of alkyl halides is 1. The van der Waals surface area contributed by atoms with E-state index in [0.717, 1.165) is 27.8 Å². The Balaban J connectivity index is 2.39. The molecule has 1 aliphatic rings. The van der Waals surface area contributed by atoms with Gasteiger partial charge in [0.2, 0.25) is 0 Å². The van der Waals surface area contributed by atoms with Crippen molar-refractivity contribution >= 4 is 0 Å². The van der Waals surface area contributed by atoms with E-state index in [-0.39, 0.29) is 0 Å². The van der Waals surface area contributed by atoms with Gasteiger partial charge in [-0.25, -0.2) is 4.39 Å². The third-order valence-corrected chi connectivity index (χ3v) is 3.98. The van der Waals surface area contributed by atoms with E-state index in [1.807, 2.05) is 44.2 Å². The van der Waals surface area contributed by atoms with Crippen LogP contribution < -0.4 is 0 Å². The maximum absolute atomic E-state index is 14.5. The average Bonchev–Trinajstić information content (AvgIpc) is 2.49. The van der Waals surface area contributed by atoms with Crippen LogP contribution in [-0.4, -0.2) is 11.2 Å². The number of benzene rings is 2. The van der Waals surface area contributed by atoms with Crippen LogP contribution in [0.15, 0.2) is 36.4 Å². The zero-order valence-electron chi connectivity index (χ0n) is 11.2. The van der Waals surface area contributed by atoms with Gasteiger partial charge in [0.15, 0.2) is 6.17 Å². The van der Waals surface area contributed by atoms with Crippen LogP contribution in [0.1, 0.15) is 28.4 Å². The normalized spacial score (nSPS) is 21.5. The lowest BCUT2D eigenvalue weighted by Gasteiger charge is -2.16. The van der Waals surface area contributed by atoms with Gasteiger partial charge in [0, 0.05) is 6.42 Å². The van der Waals surface area contributed by atoms with Crippen LogP contribution in [0.25, 0.3) is 11.1 Å². The number of hydrogen-bond acceptors (Lipinski definition) is 1. The molecule has 2 aromatic carbocycles. The van der Waals surface area contributed by atoms with Crippen molar-refractivity contribution in [2.75, 3.05) is 0 Å². The van der Waals surface area contributed by atoms with E-state index in [4.69, 9.17) is 0 Å². The Morgan fingerprint density at radius 2 is 1.63 bits per heavy atom. The van der Waals surface area contributed by atoms with Crippen molar-refractivity contribution in [1.29, 1.82) is 0 Å². The number of rotatable bonds is 0. The number of halogens is 1. The Morgan fingerprint density at radius 1 is 1.00 bits per heavy atom. The molecule has 0 aliphatic heterocycles. The van der Waals surface area contributed by atoms with Crippen molar-refractivity contribution in [3.8, 4) is 11.1 Å². The van der Waals surface area contributed by atoms with Crippen LogP contribution in [0.4, 0.5) is 4.39 Å². The first-order valence-corrected chi connectivity index (χ1v) is 6.60. The molecule has 0 amide bonds. The molecule has 98 valence electrons. The second-order valence-electron chi connectivity index (χ2n) is 5.32. The minimum Gasteiger partial charge on any atom is -0.389 e. The fourth-order valence-corrected chi connectivity index (χ4v) is 3.05. The smallest absolute Gasteiger partial charge is 0.152 e. The van der Waals surface area contributed by atoms with Gasteiger partial charge in [-0.1, -0.05) is 36.4 Å². The van der Waals surface area contributed by atoms with E-state index in [0.29, 0.717) is 12.0 Å². The lowest BCUT2D eigenvalue weighted by molar-refractivity contribution is 0.0794. The van der Waals surface area contributed by atoms with Gasteiger partial charge in [-0.3, -0.25) is 0 Å². The first kappa shape index (κ1) is 12.4. The molecule has 2 atom stereocenters. The molecular weight excluding hydrogens is 239 g/mol. The Kier molecular flexibility index (Phi) is 2.90. The molecule has 2 aromatic rings. The minimum atomic E-state index is -1.32. The van der Waals surface area contributed by atoms with E-state index >= 15 is 0 Å². The molecule has 2 unspecified atom stereocenters. The first-order chi connectivity index (χ1) is 9.09. The highest BCUT2D eigenvalue weighted by atomic mass is 19.1. The van der Waals surface area contributed by atoms with E-state index in [2.05, 4.69) is 0 Å². The number of fused-ring (bicyclic) bond motifs is 3. The lowest BCUT2D eigenvalue weighted by atomic mass is 9.89. The molecule has 1 N–H and O–H groups in total. The second-order valence-corrected chi connectivity index (χ2v) is 5.32. The van der Waals surface area contributed by atoms with Crippen molar-refractivity contribution in [3.63, 3.8) is 0 Å².